The van der Waals surface area contributed by atoms with Crippen LogP contribution in [0.2, 0.25) is 0 Å². The predicted octanol–water partition coefficient (Wildman–Crippen LogP) is 10.4. The van der Waals surface area contributed by atoms with E-state index in [4.69, 9.17) is 4.74 Å². The van der Waals surface area contributed by atoms with Gasteiger partial charge in [0.1, 0.15) is 12.9 Å². The van der Waals surface area contributed by atoms with Gasteiger partial charge < -0.3 is 9.64 Å². The van der Waals surface area contributed by atoms with Crippen LogP contribution in [0.4, 0.5) is 17.1 Å². The molecular weight excluding hydrogens is 526 g/mol. The first kappa shape index (κ1) is 26.7. The van der Waals surface area contributed by atoms with Crippen LogP contribution >= 0.6 is 0 Å². The van der Waals surface area contributed by atoms with Crippen LogP contribution in [0.5, 0.6) is 0 Å². The molecule has 0 aliphatic carbocycles. The van der Waals surface area contributed by atoms with Crippen molar-refractivity contribution in [2.45, 2.75) is 32.8 Å². The minimum atomic E-state index is -0.179. The fourth-order valence-corrected chi connectivity index (χ4v) is 6.62. The van der Waals surface area contributed by atoms with E-state index in [0.29, 0.717) is 12.2 Å². The summed E-state index contributed by atoms with van der Waals surface area (Å²) in [6, 6.07) is 40.5. The molecule has 1 heterocycles. The number of fused-ring (bicyclic) bond motifs is 5. The Labute approximate surface area is 252 Å². The topological polar surface area (TPSA) is 29.5 Å². The Kier molecular flexibility index (Phi) is 6.59. The number of rotatable bonds is 6. The second-order valence-corrected chi connectivity index (χ2v) is 11.8. The molecule has 210 valence electrons. The molecule has 7 rings (SSSR count). The van der Waals surface area contributed by atoms with Crippen molar-refractivity contribution in [1.29, 1.82) is 0 Å². The van der Waals surface area contributed by atoms with Gasteiger partial charge in [0.2, 0.25) is 0 Å². The highest BCUT2D eigenvalue weighted by atomic mass is 16.5. The van der Waals surface area contributed by atoms with Crippen molar-refractivity contribution in [3.05, 3.63) is 155 Å². The van der Waals surface area contributed by atoms with Gasteiger partial charge in [-0.1, -0.05) is 92.7 Å². The Balaban J connectivity index is 1.23. The largest absolute Gasteiger partial charge is 0.496 e. The summed E-state index contributed by atoms with van der Waals surface area (Å²) in [6.45, 7) is 7.18. The van der Waals surface area contributed by atoms with Crippen LogP contribution in [0.3, 0.4) is 0 Å². The second-order valence-electron chi connectivity index (χ2n) is 11.8. The summed E-state index contributed by atoms with van der Waals surface area (Å²) < 4.78 is 5.92. The van der Waals surface area contributed by atoms with Crippen LogP contribution in [-0.4, -0.2) is 6.29 Å². The van der Waals surface area contributed by atoms with E-state index in [1.54, 1.807) is 6.26 Å². The van der Waals surface area contributed by atoms with Crippen LogP contribution in [0, 0.1) is 6.92 Å². The van der Waals surface area contributed by atoms with Crippen LogP contribution in [0.15, 0.2) is 122 Å². The van der Waals surface area contributed by atoms with Crippen LogP contribution in [0.25, 0.3) is 27.6 Å². The van der Waals surface area contributed by atoms with E-state index in [-0.39, 0.29) is 5.41 Å². The first-order chi connectivity index (χ1) is 21.0. The van der Waals surface area contributed by atoms with E-state index >= 15 is 0 Å². The summed E-state index contributed by atoms with van der Waals surface area (Å²) >= 11 is 0. The number of para-hydroxylation sites is 2. The molecule has 1 aliphatic heterocycles. The number of hydrogen-bond acceptors (Lipinski definition) is 3. The van der Waals surface area contributed by atoms with Crippen molar-refractivity contribution >= 4 is 51.0 Å². The van der Waals surface area contributed by atoms with Gasteiger partial charge >= 0.3 is 0 Å². The zero-order chi connectivity index (χ0) is 29.6. The van der Waals surface area contributed by atoms with E-state index in [1.807, 2.05) is 36.4 Å². The smallest absolute Gasteiger partial charge is 0.150 e. The van der Waals surface area contributed by atoms with Gasteiger partial charge in [-0.05, 0) is 93.2 Å². The summed E-state index contributed by atoms with van der Waals surface area (Å²) in [5.74, 6) is 0. The van der Waals surface area contributed by atoms with Crippen molar-refractivity contribution in [3.63, 3.8) is 0 Å². The number of carbonyl (C=O) groups excluding carboxylic acids is 1. The third kappa shape index (κ3) is 4.58. The molecule has 0 radical (unpaired) electrons. The van der Waals surface area contributed by atoms with Gasteiger partial charge in [0.05, 0.1) is 17.6 Å². The third-order valence-corrected chi connectivity index (χ3v) is 8.79. The number of aryl methyl sites for hydroxylation is 1. The Morgan fingerprint density at radius 3 is 2.23 bits per heavy atom. The maximum Gasteiger partial charge on any atom is 0.150 e. The van der Waals surface area contributed by atoms with Crippen LogP contribution in [-0.2, 0) is 16.8 Å². The lowest BCUT2D eigenvalue weighted by Gasteiger charge is -2.43. The maximum absolute atomic E-state index is 11.7. The molecule has 0 saturated carbocycles. The first-order valence-electron chi connectivity index (χ1n) is 14.7. The van der Waals surface area contributed by atoms with Crippen molar-refractivity contribution in [2.24, 2.45) is 0 Å². The first-order valence-corrected chi connectivity index (χ1v) is 14.7. The highest BCUT2D eigenvalue weighted by molar-refractivity contribution is 5.99. The zero-order valence-corrected chi connectivity index (χ0v) is 24.7. The van der Waals surface area contributed by atoms with Crippen molar-refractivity contribution < 1.29 is 9.53 Å². The molecule has 1 aliphatic rings. The molecular formula is C40H33NO2. The normalized spacial score (nSPS) is 13.7. The SMILES string of the molecule is Cc1ccccc1N1c2ccccc2C(C)(C)c2c1ccc1cc(C=COCc3cc4ccccc4cc3C=O)ccc21. The maximum atomic E-state index is 11.7. The minimum Gasteiger partial charge on any atom is -0.496 e. The minimum absolute atomic E-state index is 0.179. The Morgan fingerprint density at radius 1 is 0.721 bits per heavy atom. The number of nitrogens with zero attached hydrogens (tertiary/aromatic N) is 1. The summed E-state index contributed by atoms with van der Waals surface area (Å²) in [4.78, 5) is 14.1. The van der Waals surface area contributed by atoms with Crippen molar-refractivity contribution in [2.75, 3.05) is 4.90 Å². The number of benzene rings is 6. The number of carbonyl (C=O) groups is 1. The Hall–Kier alpha value is -5.15. The fraction of sp³-hybridized carbons (Fsp3) is 0.125. The summed E-state index contributed by atoms with van der Waals surface area (Å²) in [5.41, 5.74) is 9.96. The molecule has 0 atom stereocenters. The van der Waals surface area contributed by atoms with E-state index < -0.39 is 0 Å². The fourth-order valence-electron chi connectivity index (χ4n) is 6.62. The molecule has 6 aromatic carbocycles. The molecule has 3 heteroatoms. The van der Waals surface area contributed by atoms with Crippen molar-refractivity contribution in [1.82, 2.24) is 0 Å². The molecule has 0 aromatic heterocycles. The van der Waals surface area contributed by atoms with Gasteiger partial charge in [-0.25, -0.2) is 0 Å². The standard InChI is InChI=1S/C40H33NO2/c1-27-10-4-8-14-36(27)41-37-15-9-7-13-35(37)40(2,3)39-34-18-16-28(22-31(34)17-19-38(39)41)20-21-43-26-33-24-30-12-6-5-11-29(30)23-32(33)25-42/h4-25H,26H2,1-3H3. The zero-order valence-electron chi connectivity index (χ0n) is 24.7. The molecule has 0 unspecified atom stereocenters. The molecule has 6 aromatic rings. The van der Waals surface area contributed by atoms with Gasteiger partial charge in [-0.15, -0.1) is 0 Å². The molecule has 43 heavy (non-hydrogen) atoms. The molecule has 3 nitrogen and oxygen atoms in total. The number of aldehydes is 1. The summed E-state index contributed by atoms with van der Waals surface area (Å²) in [5, 5.41) is 4.59. The average molecular weight is 560 g/mol. The van der Waals surface area contributed by atoms with Gasteiger partial charge in [-0.2, -0.15) is 0 Å². The Bertz CT molecular complexity index is 2050. The lowest BCUT2D eigenvalue weighted by atomic mass is 9.71. The molecule has 0 spiro atoms. The lowest BCUT2D eigenvalue weighted by molar-refractivity contribution is 0.112. The molecule has 0 amide bonds. The van der Waals surface area contributed by atoms with Gasteiger partial charge in [0.15, 0.2) is 0 Å². The van der Waals surface area contributed by atoms with E-state index in [1.165, 1.54) is 44.5 Å². The van der Waals surface area contributed by atoms with E-state index in [0.717, 1.165) is 28.2 Å². The van der Waals surface area contributed by atoms with E-state index in [9.17, 15) is 4.79 Å². The van der Waals surface area contributed by atoms with Crippen LogP contribution in [0.1, 0.15) is 52.0 Å². The monoisotopic (exact) mass is 559 g/mol. The van der Waals surface area contributed by atoms with E-state index in [2.05, 4.69) is 111 Å². The lowest BCUT2D eigenvalue weighted by Crippen LogP contribution is -2.31. The molecule has 0 fully saturated rings. The number of anilines is 3. The summed E-state index contributed by atoms with van der Waals surface area (Å²) in [7, 11) is 0. The average Bonchev–Trinajstić information content (AvgIpc) is 3.03. The van der Waals surface area contributed by atoms with Gasteiger partial charge in [0.25, 0.3) is 0 Å². The summed E-state index contributed by atoms with van der Waals surface area (Å²) in [6.07, 6.45) is 4.61. The third-order valence-electron chi connectivity index (χ3n) is 8.79. The Morgan fingerprint density at radius 2 is 1.44 bits per heavy atom. The molecule has 0 saturated heterocycles. The number of hydrogen-bond donors (Lipinski definition) is 0. The second kappa shape index (κ2) is 10.6. The molecule has 0 N–H and O–H groups in total. The van der Waals surface area contributed by atoms with Crippen molar-refractivity contribution in [3.8, 4) is 0 Å². The number of ether oxygens (including phenoxy) is 1. The van der Waals surface area contributed by atoms with Crippen LogP contribution < -0.4 is 4.90 Å². The molecule has 0 bridgehead atoms. The predicted molar refractivity (Wildman–Crippen MR) is 179 cm³/mol. The highest BCUT2D eigenvalue weighted by Crippen LogP contribution is 2.54. The van der Waals surface area contributed by atoms with Gasteiger partial charge in [0, 0.05) is 22.2 Å². The highest BCUT2D eigenvalue weighted by Gasteiger charge is 2.38. The van der Waals surface area contributed by atoms with Gasteiger partial charge in [-0.3, -0.25) is 4.79 Å². The quantitative estimate of drug-likeness (QED) is 0.150.